The van der Waals surface area contributed by atoms with Gasteiger partial charge in [-0.05, 0) is 24.1 Å². The summed E-state index contributed by atoms with van der Waals surface area (Å²) >= 11 is 0. The van der Waals surface area contributed by atoms with Gasteiger partial charge in [0.15, 0.2) is 0 Å². The van der Waals surface area contributed by atoms with Crippen LogP contribution >= 0.6 is 0 Å². The molecule has 2 N–H and O–H groups in total. The summed E-state index contributed by atoms with van der Waals surface area (Å²) < 4.78 is 13.0. The maximum absolute atomic E-state index is 13.0. The lowest BCUT2D eigenvalue weighted by Crippen LogP contribution is -2.41. The number of hydrogen-bond donors (Lipinski definition) is 1. The summed E-state index contributed by atoms with van der Waals surface area (Å²) in [6.45, 7) is 2.37. The van der Waals surface area contributed by atoms with E-state index in [-0.39, 0.29) is 11.7 Å². The van der Waals surface area contributed by atoms with Gasteiger partial charge in [-0.2, -0.15) is 0 Å². The predicted molar refractivity (Wildman–Crippen MR) is 65.8 cm³/mol. The molecule has 0 aliphatic rings. The minimum Gasteiger partial charge on any atom is -0.340 e. The zero-order valence-electron chi connectivity index (χ0n) is 10.3. The van der Waals surface area contributed by atoms with Gasteiger partial charge in [-0.25, -0.2) is 4.39 Å². The zero-order valence-corrected chi connectivity index (χ0v) is 10.3. The van der Waals surface area contributed by atoms with Crippen LogP contribution < -0.4 is 5.73 Å². The number of benzene rings is 1. The molecule has 1 atom stereocenters. The van der Waals surface area contributed by atoms with E-state index < -0.39 is 6.04 Å². The van der Waals surface area contributed by atoms with E-state index in [1.165, 1.54) is 17.0 Å². The monoisotopic (exact) mass is 238 g/mol. The van der Waals surface area contributed by atoms with Crippen molar-refractivity contribution in [2.75, 3.05) is 7.05 Å². The molecule has 0 saturated heterocycles. The molecule has 1 aromatic carbocycles. The van der Waals surface area contributed by atoms with Crippen molar-refractivity contribution in [3.8, 4) is 0 Å². The average Bonchev–Trinajstić information content (AvgIpc) is 2.28. The first-order chi connectivity index (χ1) is 8.04. The van der Waals surface area contributed by atoms with Gasteiger partial charge in [0.05, 0.1) is 6.04 Å². The Labute approximate surface area is 101 Å². The molecule has 1 amide bonds. The van der Waals surface area contributed by atoms with Crippen LogP contribution in [-0.4, -0.2) is 23.9 Å². The van der Waals surface area contributed by atoms with Crippen LogP contribution in [0, 0.1) is 5.82 Å². The third kappa shape index (κ3) is 4.15. The van der Waals surface area contributed by atoms with Crippen molar-refractivity contribution in [2.45, 2.75) is 32.4 Å². The topological polar surface area (TPSA) is 46.3 Å². The lowest BCUT2D eigenvalue weighted by atomic mass is 10.1. The largest absolute Gasteiger partial charge is 0.340 e. The zero-order chi connectivity index (χ0) is 12.8. The highest BCUT2D eigenvalue weighted by molar-refractivity contribution is 5.81. The highest BCUT2D eigenvalue weighted by Crippen LogP contribution is 2.08. The van der Waals surface area contributed by atoms with Gasteiger partial charge in [-0.1, -0.05) is 25.5 Å². The summed E-state index contributed by atoms with van der Waals surface area (Å²) in [5.41, 5.74) is 6.52. The fraction of sp³-hybridized carbons (Fsp3) is 0.462. The van der Waals surface area contributed by atoms with Crippen molar-refractivity contribution in [2.24, 2.45) is 5.73 Å². The number of halogens is 1. The molecule has 0 spiro atoms. The van der Waals surface area contributed by atoms with E-state index in [9.17, 15) is 9.18 Å². The van der Waals surface area contributed by atoms with Crippen molar-refractivity contribution in [1.29, 1.82) is 0 Å². The van der Waals surface area contributed by atoms with Crippen LogP contribution in [0.5, 0.6) is 0 Å². The van der Waals surface area contributed by atoms with E-state index >= 15 is 0 Å². The Morgan fingerprint density at radius 1 is 1.53 bits per heavy atom. The van der Waals surface area contributed by atoms with Gasteiger partial charge in [0.1, 0.15) is 5.82 Å². The Balaban J connectivity index is 2.59. The molecule has 4 heteroatoms. The summed E-state index contributed by atoms with van der Waals surface area (Å²) in [5.74, 6) is -0.391. The number of nitrogens with two attached hydrogens (primary N) is 1. The molecule has 0 saturated carbocycles. The minimum absolute atomic E-state index is 0.101. The van der Waals surface area contributed by atoms with Crippen molar-refractivity contribution in [3.63, 3.8) is 0 Å². The van der Waals surface area contributed by atoms with Crippen LogP contribution in [-0.2, 0) is 11.3 Å². The molecule has 0 unspecified atom stereocenters. The lowest BCUT2D eigenvalue weighted by Gasteiger charge is -2.21. The first kappa shape index (κ1) is 13.6. The molecule has 94 valence electrons. The molecule has 1 rings (SSSR count). The molecular weight excluding hydrogens is 219 g/mol. The predicted octanol–water partition coefficient (Wildman–Crippen LogP) is 1.91. The third-order valence-corrected chi connectivity index (χ3v) is 2.60. The van der Waals surface area contributed by atoms with Crippen molar-refractivity contribution < 1.29 is 9.18 Å². The fourth-order valence-electron chi connectivity index (χ4n) is 1.70. The number of nitrogens with zero attached hydrogens (tertiary/aromatic N) is 1. The second-order valence-electron chi connectivity index (χ2n) is 4.22. The summed E-state index contributed by atoms with van der Waals surface area (Å²) in [5, 5.41) is 0. The van der Waals surface area contributed by atoms with Crippen molar-refractivity contribution in [1.82, 2.24) is 4.90 Å². The van der Waals surface area contributed by atoms with Crippen LogP contribution in [0.4, 0.5) is 4.39 Å². The second-order valence-corrected chi connectivity index (χ2v) is 4.22. The Hall–Kier alpha value is -1.42. The minimum atomic E-state index is -0.460. The normalized spacial score (nSPS) is 12.2. The van der Waals surface area contributed by atoms with Crippen LogP contribution in [0.25, 0.3) is 0 Å². The number of likely N-dealkylation sites (N-methyl/N-ethyl adjacent to an activating group) is 1. The molecule has 0 aliphatic carbocycles. The van der Waals surface area contributed by atoms with Gasteiger partial charge in [0, 0.05) is 13.6 Å². The molecule has 0 bridgehead atoms. The number of carbonyl (C=O) groups excluding carboxylic acids is 1. The summed E-state index contributed by atoms with van der Waals surface area (Å²) in [4.78, 5) is 13.4. The van der Waals surface area contributed by atoms with Crippen LogP contribution in [0.15, 0.2) is 24.3 Å². The third-order valence-electron chi connectivity index (χ3n) is 2.60. The second kappa shape index (κ2) is 6.35. The molecule has 0 radical (unpaired) electrons. The van der Waals surface area contributed by atoms with E-state index in [0.717, 1.165) is 12.0 Å². The highest BCUT2D eigenvalue weighted by Gasteiger charge is 2.17. The molecule has 1 aromatic rings. The standard InChI is InChI=1S/C13H19FN2O/c1-3-5-12(15)13(17)16(2)9-10-6-4-7-11(14)8-10/h4,6-8,12H,3,5,9,15H2,1-2H3/t12-/m1/s1. The Morgan fingerprint density at radius 3 is 2.82 bits per heavy atom. The lowest BCUT2D eigenvalue weighted by molar-refractivity contribution is -0.132. The SMILES string of the molecule is CCC[C@@H](N)C(=O)N(C)Cc1cccc(F)c1. The van der Waals surface area contributed by atoms with Crippen LogP contribution in [0.3, 0.4) is 0 Å². The summed E-state index contributed by atoms with van der Waals surface area (Å²) in [6, 6.07) is 5.77. The Morgan fingerprint density at radius 2 is 2.24 bits per heavy atom. The summed E-state index contributed by atoms with van der Waals surface area (Å²) in [7, 11) is 1.68. The molecule has 3 nitrogen and oxygen atoms in total. The number of rotatable bonds is 5. The van der Waals surface area contributed by atoms with E-state index in [4.69, 9.17) is 5.73 Å². The molecular formula is C13H19FN2O. The summed E-state index contributed by atoms with van der Waals surface area (Å²) in [6.07, 6.45) is 1.55. The molecule has 17 heavy (non-hydrogen) atoms. The Kier molecular flexibility index (Phi) is 5.10. The number of amides is 1. The number of hydrogen-bond acceptors (Lipinski definition) is 2. The maximum atomic E-state index is 13.0. The van der Waals surface area contributed by atoms with E-state index in [1.54, 1.807) is 19.2 Å². The molecule has 0 heterocycles. The smallest absolute Gasteiger partial charge is 0.239 e. The van der Waals surface area contributed by atoms with E-state index in [0.29, 0.717) is 13.0 Å². The first-order valence-corrected chi connectivity index (χ1v) is 5.79. The number of carbonyl (C=O) groups is 1. The van der Waals surface area contributed by atoms with Crippen molar-refractivity contribution >= 4 is 5.91 Å². The van der Waals surface area contributed by atoms with Crippen LogP contribution in [0.1, 0.15) is 25.3 Å². The molecule has 0 fully saturated rings. The van der Waals surface area contributed by atoms with Gasteiger partial charge in [0.2, 0.25) is 5.91 Å². The molecule has 0 aliphatic heterocycles. The maximum Gasteiger partial charge on any atom is 0.239 e. The van der Waals surface area contributed by atoms with Crippen LogP contribution in [0.2, 0.25) is 0 Å². The van der Waals surface area contributed by atoms with Gasteiger partial charge < -0.3 is 10.6 Å². The first-order valence-electron chi connectivity index (χ1n) is 5.79. The quantitative estimate of drug-likeness (QED) is 0.851. The van der Waals surface area contributed by atoms with E-state index in [2.05, 4.69) is 0 Å². The van der Waals surface area contributed by atoms with E-state index in [1.807, 2.05) is 6.92 Å². The fourth-order valence-corrected chi connectivity index (χ4v) is 1.70. The van der Waals surface area contributed by atoms with Gasteiger partial charge in [-0.3, -0.25) is 4.79 Å². The Bertz CT molecular complexity index is 381. The highest BCUT2D eigenvalue weighted by atomic mass is 19.1. The van der Waals surface area contributed by atoms with Gasteiger partial charge in [-0.15, -0.1) is 0 Å². The van der Waals surface area contributed by atoms with Gasteiger partial charge >= 0.3 is 0 Å². The van der Waals surface area contributed by atoms with Gasteiger partial charge in [0.25, 0.3) is 0 Å². The molecule has 0 aromatic heterocycles. The van der Waals surface area contributed by atoms with Crippen molar-refractivity contribution in [3.05, 3.63) is 35.6 Å². The average molecular weight is 238 g/mol.